The Morgan fingerprint density at radius 3 is 2.62 bits per heavy atom. The largest absolute Gasteiger partial charge is 0.466 e. The quantitative estimate of drug-likeness (QED) is 0.749. The van der Waals surface area contributed by atoms with Crippen LogP contribution in [0.1, 0.15) is 5.01 Å². The minimum absolute atomic E-state index is 0.0249. The molecule has 0 radical (unpaired) electrons. The number of methoxy groups -OCH3 is 2. The molecule has 1 aliphatic rings. The second-order valence-electron chi connectivity index (χ2n) is 5.39. The Morgan fingerprint density at radius 2 is 1.96 bits per heavy atom. The zero-order chi connectivity index (χ0) is 18.7. The van der Waals surface area contributed by atoms with E-state index >= 15 is 0 Å². The minimum Gasteiger partial charge on any atom is -0.466 e. The summed E-state index contributed by atoms with van der Waals surface area (Å²) in [4.78, 5) is 26.0. The molecule has 0 saturated heterocycles. The molecule has 2 aromatic rings. The highest BCUT2D eigenvalue weighted by Crippen LogP contribution is 2.31. The van der Waals surface area contributed by atoms with E-state index in [0.717, 1.165) is 15.6 Å². The van der Waals surface area contributed by atoms with Crippen molar-refractivity contribution in [1.82, 2.24) is 10.2 Å². The van der Waals surface area contributed by atoms with E-state index in [0.29, 0.717) is 5.69 Å². The maximum atomic E-state index is 12.3. The lowest BCUT2D eigenvalue weighted by Gasteiger charge is -2.31. The summed E-state index contributed by atoms with van der Waals surface area (Å²) >= 11 is 1.47. The summed E-state index contributed by atoms with van der Waals surface area (Å²) in [5.41, 5.74) is 1.73. The summed E-state index contributed by atoms with van der Waals surface area (Å²) in [6.45, 7) is 1.96. The first-order valence-corrected chi connectivity index (χ1v) is 8.52. The van der Waals surface area contributed by atoms with Crippen molar-refractivity contribution in [3.8, 4) is 10.6 Å². The number of aromatic nitrogens is 2. The maximum absolute atomic E-state index is 12.3. The van der Waals surface area contributed by atoms with E-state index in [-0.39, 0.29) is 24.6 Å². The van der Waals surface area contributed by atoms with Gasteiger partial charge in [0.1, 0.15) is 22.4 Å². The number of carbonyl (C=O) groups is 2. The average molecular weight is 375 g/mol. The lowest BCUT2D eigenvalue weighted by Crippen LogP contribution is -2.38. The van der Waals surface area contributed by atoms with Crippen LogP contribution >= 0.6 is 11.3 Å². The zero-order valence-electron chi connectivity index (χ0n) is 14.5. The van der Waals surface area contributed by atoms with Crippen molar-refractivity contribution in [1.29, 1.82) is 0 Å². The van der Waals surface area contributed by atoms with E-state index in [9.17, 15) is 9.59 Å². The first kappa shape index (κ1) is 18.0. The van der Waals surface area contributed by atoms with Gasteiger partial charge in [0.2, 0.25) is 0 Å². The van der Waals surface area contributed by atoms with Crippen LogP contribution in [0.5, 0.6) is 0 Å². The van der Waals surface area contributed by atoms with Crippen LogP contribution in [-0.4, -0.2) is 49.7 Å². The zero-order valence-corrected chi connectivity index (χ0v) is 15.3. The van der Waals surface area contributed by atoms with Gasteiger partial charge in [-0.3, -0.25) is 0 Å². The fraction of sp³-hybridized carbons (Fsp3) is 0.294. The van der Waals surface area contributed by atoms with Gasteiger partial charge in [-0.05, 0) is 19.1 Å². The number of esters is 2. The van der Waals surface area contributed by atoms with Gasteiger partial charge in [-0.1, -0.05) is 23.5 Å². The van der Waals surface area contributed by atoms with Gasteiger partial charge in [0.05, 0.1) is 26.4 Å². The number of carbonyl (C=O) groups excluding carboxylic acids is 2. The summed E-state index contributed by atoms with van der Waals surface area (Å²) in [6, 6.07) is 7.40. The minimum atomic E-state index is -0.633. The van der Waals surface area contributed by atoms with Crippen molar-refractivity contribution in [3.05, 3.63) is 40.5 Å². The predicted octanol–water partition coefficient (Wildman–Crippen LogP) is 1.91. The van der Waals surface area contributed by atoms with E-state index in [1.54, 1.807) is 4.90 Å². The summed E-state index contributed by atoms with van der Waals surface area (Å²) in [6.07, 6.45) is 0. The lowest BCUT2D eigenvalue weighted by atomic mass is 10.1. The van der Waals surface area contributed by atoms with Crippen LogP contribution in [-0.2, 0) is 23.8 Å². The SMILES string of the molecule is COC(=O)C1=C(C(=O)OC)N(c2cccc(-c3nnc(C)s3)c2)COC1. The second kappa shape index (κ2) is 7.63. The molecular formula is C17H17N3O5S. The van der Waals surface area contributed by atoms with E-state index < -0.39 is 11.9 Å². The highest BCUT2D eigenvalue weighted by molar-refractivity contribution is 7.14. The van der Waals surface area contributed by atoms with Gasteiger partial charge in [0.15, 0.2) is 0 Å². The van der Waals surface area contributed by atoms with E-state index in [1.165, 1.54) is 25.6 Å². The van der Waals surface area contributed by atoms with Crippen molar-refractivity contribution in [2.45, 2.75) is 6.92 Å². The molecule has 26 heavy (non-hydrogen) atoms. The second-order valence-corrected chi connectivity index (χ2v) is 6.57. The summed E-state index contributed by atoms with van der Waals surface area (Å²) in [5, 5.41) is 9.78. The smallest absolute Gasteiger partial charge is 0.355 e. The average Bonchev–Trinajstić information content (AvgIpc) is 3.12. The molecule has 0 unspecified atom stereocenters. The van der Waals surface area contributed by atoms with Crippen molar-refractivity contribution >= 4 is 29.0 Å². The van der Waals surface area contributed by atoms with Crippen LogP contribution in [0, 0.1) is 6.92 Å². The standard InChI is InChI=1S/C17H17N3O5S/c1-10-18-19-15(26-10)11-5-4-6-12(7-11)20-9-25-8-13(16(21)23-2)14(20)17(22)24-3/h4-7H,8-9H2,1-3H3. The Hall–Kier alpha value is -2.78. The Balaban J connectivity index is 2.06. The Morgan fingerprint density at radius 1 is 1.19 bits per heavy atom. The van der Waals surface area contributed by atoms with Gasteiger partial charge in [-0.2, -0.15) is 0 Å². The number of anilines is 1. The Kier molecular flexibility index (Phi) is 5.29. The topological polar surface area (TPSA) is 90.9 Å². The highest BCUT2D eigenvalue weighted by Gasteiger charge is 2.32. The van der Waals surface area contributed by atoms with Crippen LogP contribution < -0.4 is 4.90 Å². The third-order valence-corrected chi connectivity index (χ3v) is 4.65. The van der Waals surface area contributed by atoms with E-state index in [2.05, 4.69) is 10.2 Å². The number of aryl methyl sites for hydroxylation is 1. The molecule has 0 amide bonds. The maximum Gasteiger partial charge on any atom is 0.355 e. The fourth-order valence-electron chi connectivity index (χ4n) is 2.57. The highest BCUT2D eigenvalue weighted by atomic mass is 32.1. The molecule has 1 aromatic carbocycles. The third kappa shape index (κ3) is 3.44. The Bertz CT molecular complexity index is 877. The molecule has 1 aromatic heterocycles. The lowest BCUT2D eigenvalue weighted by molar-refractivity contribution is -0.140. The van der Waals surface area contributed by atoms with Crippen LogP contribution in [0.4, 0.5) is 5.69 Å². The van der Waals surface area contributed by atoms with Crippen molar-refractivity contribution in [2.24, 2.45) is 0 Å². The van der Waals surface area contributed by atoms with Gasteiger partial charge in [-0.15, -0.1) is 10.2 Å². The van der Waals surface area contributed by atoms with Crippen molar-refractivity contribution < 1.29 is 23.8 Å². The molecule has 2 heterocycles. The van der Waals surface area contributed by atoms with Crippen LogP contribution in [0.25, 0.3) is 10.6 Å². The normalized spacial score (nSPS) is 14.3. The Labute approximate surface area is 154 Å². The van der Waals surface area contributed by atoms with Gasteiger partial charge in [0, 0.05) is 11.3 Å². The molecule has 0 N–H and O–H groups in total. The molecule has 0 atom stereocenters. The summed E-state index contributed by atoms with van der Waals surface area (Å²) in [5.74, 6) is -1.27. The van der Waals surface area contributed by atoms with Crippen molar-refractivity contribution in [2.75, 3.05) is 32.5 Å². The van der Waals surface area contributed by atoms with Crippen LogP contribution in [0.15, 0.2) is 35.5 Å². The summed E-state index contributed by atoms with van der Waals surface area (Å²) < 4.78 is 15.1. The molecular weight excluding hydrogens is 358 g/mol. The number of ether oxygens (including phenoxy) is 3. The molecule has 9 heteroatoms. The summed E-state index contributed by atoms with van der Waals surface area (Å²) in [7, 11) is 2.51. The fourth-order valence-corrected chi connectivity index (χ4v) is 3.26. The molecule has 8 nitrogen and oxygen atoms in total. The van der Waals surface area contributed by atoms with E-state index in [4.69, 9.17) is 14.2 Å². The third-order valence-electron chi connectivity index (χ3n) is 3.76. The van der Waals surface area contributed by atoms with Gasteiger partial charge in [0.25, 0.3) is 0 Å². The molecule has 0 saturated carbocycles. The first-order chi connectivity index (χ1) is 12.5. The molecule has 136 valence electrons. The number of benzene rings is 1. The van der Waals surface area contributed by atoms with Gasteiger partial charge < -0.3 is 19.1 Å². The monoisotopic (exact) mass is 375 g/mol. The molecule has 1 aliphatic heterocycles. The molecule has 0 spiro atoms. The molecule has 0 fully saturated rings. The van der Waals surface area contributed by atoms with Crippen LogP contribution in [0.2, 0.25) is 0 Å². The number of nitrogens with zero attached hydrogens (tertiary/aromatic N) is 3. The number of hydrogen-bond donors (Lipinski definition) is 0. The van der Waals surface area contributed by atoms with Gasteiger partial charge in [-0.25, -0.2) is 9.59 Å². The van der Waals surface area contributed by atoms with Crippen molar-refractivity contribution in [3.63, 3.8) is 0 Å². The molecule has 3 rings (SSSR count). The number of hydrogen-bond acceptors (Lipinski definition) is 9. The van der Waals surface area contributed by atoms with Gasteiger partial charge >= 0.3 is 11.9 Å². The number of rotatable bonds is 4. The van der Waals surface area contributed by atoms with E-state index in [1.807, 2.05) is 31.2 Å². The van der Waals surface area contributed by atoms with Crippen LogP contribution in [0.3, 0.4) is 0 Å². The first-order valence-electron chi connectivity index (χ1n) is 7.70. The molecule has 0 bridgehead atoms. The predicted molar refractivity (Wildman–Crippen MR) is 94.4 cm³/mol. The molecule has 0 aliphatic carbocycles.